The summed E-state index contributed by atoms with van der Waals surface area (Å²) in [4.78, 5) is 7.79. The van der Waals surface area contributed by atoms with Crippen LogP contribution >= 0.6 is 0 Å². The van der Waals surface area contributed by atoms with Crippen molar-refractivity contribution in [2.24, 2.45) is 5.73 Å². The van der Waals surface area contributed by atoms with Gasteiger partial charge in [0.25, 0.3) is 0 Å². The van der Waals surface area contributed by atoms with Gasteiger partial charge in [0.05, 0.1) is 37.4 Å². The van der Waals surface area contributed by atoms with Crippen molar-refractivity contribution in [3.05, 3.63) is 66.0 Å². The number of hydrogen-bond acceptors (Lipinski definition) is 10. The van der Waals surface area contributed by atoms with Crippen molar-refractivity contribution in [2.75, 3.05) is 14.2 Å². The zero-order chi connectivity index (χ0) is 27.0. The van der Waals surface area contributed by atoms with Crippen LogP contribution in [0, 0.1) is 12.7 Å². The normalized spacial score (nSPS) is 14.2. The standard InChI is InChI=1S/C24H27FN6O5S/c1-14-9-10-19(36-14)22-30-29-20(31(22)21-17(34-4)7-6-8-18(21)35-5)13-37(32,33)15(2)24(3,26)23-27-11-16(25)12-28-23/h6-12,15H,13,26H2,1-5H3/t15-,24+/m0/s1. The van der Waals surface area contributed by atoms with Crippen molar-refractivity contribution >= 4 is 9.84 Å². The van der Waals surface area contributed by atoms with E-state index in [2.05, 4.69) is 20.2 Å². The largest absolute Gasteiger partial charge is 0.494 e. The lowest BCUT2D eigenvalue weighted by Crippen LogP contribution is -2.49. The Labute approximate surface area is 213 Å². The molecule has 0 radical (unpaired) electrons. The molecule has 196 valence electrons. The van der Waals surface area contributed by atoms with Gasteiger partial charge in [-0.3, -0.25) is 4.57 Å². The highest BCUT2D eigenvalue weighted by Gasteiger charge is 2.41. The maximum absolute atomic E-state index is 13.7. The minimum absolute atomic E-state index is 0.00964. The van der Waals surface area contributed by atoms with Crippen LogP contribution in [0.25, 0.3) is 17.3 Å². The summed E-state index contributed by atoms with van der Waals surface area (Å²) in [6, 6.07) is 8.62. The summed E-state index contributed by atoms with van der Waals surface area (Å²) < 4.78 is 59.1. The first-order chi connectivity index (χ1) is 17.5. The third-order valence-corrected chi connectivity index (χ3v) is 8.36. The van der Waals surface area contributed by atoms with E-state index in [1.807, 2.05) is 0 Å². The van der Waals surface area contributed by atoms with Gasteiger partial charge in [-0.1, -0.05) is 6.07 Å². The molecule has 0 fully saturated rings. The molecule has 0 spiro atoms. The van der Waals surface area contributed by atoms with Crippen LogP contribution in [0.15, 0.2) is 47.1 Å². The number of nitrogens with two attached hydrogens (primary N) is 1. The van der Waals surface area contributed by atoms with Gasteiger partial charge in [0.1, 0.15) is 34.5 Å². The summed E-state index contributed by atoms with van der Waals surface area (Å²) in [5.41, 5.74) is 5.26. The van der Waals surface area contributed by atoms with E-state index in [1.165, 1.54) is 32.6 Å². The first kappa shape index (κ1) is 26.2. The van der Waals surface area contributed by atoms with Gasteiger partial charge in [0.15, 0.2) is 27.2 Å². The number of rotatable bonds is 9. The Morgan fingerprint density at radius 2 is 1.73 bits per heavy atom. The van der Waals surface area contributed by atoms with Crippen LogP contribution < -0.4 is 15.2 Å². The molecule has 4 rings (SSSR count). The number of para-hydroxylation sites is 1. The van der Waals surface area contributed by atoms with Gasteiger partial charge in [-0.05, 0) is 45.0 Å². The Bertz CT molecular complexity index is 1490. The molecule has 0 saturated carbocycles. The van der Waals surface area contributed by atoms with E-state index in [-0.39, 0.29) is 17.5 Å². The Morgan fingerprint density at radius 1 is 1.11 bits per heavy atom. The molecule has 0 aliphatic heterocycles. The fourth-order valence-electron chi connectivity index (χ4n) is 3.86. The van der Waals surface area contributed by atoms with E-state index in [0.29, 0.717) is 28.7 Å². The molecule has 0 bridgehead atoms. The summed E-state index contributed by atoms with van der Waals surface area (Å²) in [5.74, 6) is 0.934. The highest BCUT2D eigenvalue weighted by Crippen LogP contribution is 2.37. The number of aromatic nitrogens is 5. The first-order valence-corrected chi connectivity index (χ1v) is 12.9. The number of sulfone groups is 1. The SMILES string of the molecule is COc1cccc(OC)c1-n1c(CS(=O)(=O)[C@@H](C)[C@@](C)(N)c2ncc(F)cn2)nnc1-c1ccc(C)o1. The summed E-state index contributed by atoms with van der Waals surface area (Å²) in [6.07, 6.45) is 1.88. The van der Waals surface area contributed by atoms with Gasteiger partial charge in [-0.15, -0.1) is 10.2 Å². The molecular weight excluding hydrogens is 503 g/mol. The molecule has 0 aliphatic carbocycles. The Morgan fingerprint density at radius 3 is 2.27 bits per heavy atom. The molecule has 0 saturated heterocycles. The van der Waals surface area contributed by atoms with E-state index in [4.69, 9.17) is 19.6 Å². The van der Waals surface area contributed by atoms with Gasteiger partial charge in [0.2, 0.25) is 5.82 Å². The lowest BCUT2D eigenvalue weighted by atomic mass is 9.99. The van der Waals surface area contributed by atoms with Crippen LogP contribution in [0.2, 0.25) is 0 Å². The van der Waals surface area contributed by atoms with E-state index in [9.17, 15) is 12.8 Å². The summed E-state index contributed by atoms with van der Waals surface area (Å²) in [5, 5.41) is 7.27. The number of benzene rings is 1. The van der Waals surface area contributed by atoms with E-state index in [1.54, 1.807) is 37.3 Å². The van der Waals surface area contributed by atoms with Crippen LogP contribution in [-0.4, -0.2) is 52.6 Å². The second kappa shape index (κ2) is 9.90. The van der Waals surface area contributed by atoms with E-state index >= 15 is 0 Å². The number of nitrogens with zero attached hydrogens (tertiary/aromatic N) is 5. The van der Waals surface area contributed by atoms with Crippen LogP contribution in [0.1, 0.15) is 31.3 Å². The number of aryl methyl sites for hydroxylation is 1. The van der Waals surface area contributed by atoms with Crippen LogP contribution in [0.5, 0.6) is 11.5 Å². The Balaban J connectivity index is 1.84. The van der Waals surface area contributed by atoms with Crippen molar-refractivity contribution in [1.82, 2.24) is 24.7 Å². The van der Waals surface area contributed by atoms with Gasteiger partial charge >= 0.3 is 0 Å². The molecule has 0 aliphatic rings. The topological polar surface area (TPSA) is 148 Å². The lowest BCUT2D eigenvalue weighted by molar-refractivity contribution is 0.390. The maximum Gasteiger partial charge on any atom is 0.204 e. The quantitative estimate of drug-likeness (QED) is 0.342. The highest BCUT2D eigenvalue weighted by atomic mass is 32.2. The lowest BCUT2D eigenvalue weighted by Gasteiger charge is -2.29. The molecule has 3 aromatic heterocycles. The van der Waals surface area contributed by atoms with Gasteiger partial charge < -0.3 is 19.6 Å². The fourth-order valence-corrected chi connectivity index (χ4v) is 5.51. The molecule has 13 heteroatoms. The van der Waals surface area contributed by atoms with Crippen molar-refractivity contribution in [1.29, 1.82) is 0 Å². The fraction of sp³-hybridized carbons (Fsp3) is 0.333. The van der Waals surface area contributed by atoms with Crippen molar-refractivity contribution in [2.45, 2.75) is 37.3 Å². The first-order valence-electron chi connectivity index (χ1n) is 11.2. The number of ether oxygens (including phenoxy) is 2. The highest BCUT2D eigenvalue weighted by molar-refractivity contribution is 7.91. The minimum atomic E-state index is -4.00. The average molecular weight is 531 g/mol. The molecule has 0 amide bonds. The zero-order valence-corrected chi connectivity index (χ0v) is 21.8. The monoisotopic (exact) mass is 530 g/mol. The van der Waals surface area contributed by atoms with Gasteiger partial charge in [0, 0.05) is 0 Å². The predicted molar refractivity (Wildman–Crippen MR) is 133 cm³/mol. The average Bonchev–Trinajstić information content (AvgIpc) is 3.48. The number of furan rings is 1. The molecule has 4 aromatic rings. The molecular formula is C24H27FN6O5S. The Hall–Kier alpha value is -3.84. The second-order valence-corrected chi connectivity index (χ2v) is 11.0. The predicted octanol–water partition coefficient (Wildman–Crippen LogP) is 2.96. The van der Waals surface area contributed by atoms with E-state index in [0.717, 1.165) is 12.4 Å². The third kappa shape index (κ3) is 4.91. The Kier molecular flexibility index (Phi) is 7.02. The number of methoxy groups -OCH3 is 2. The van der Waals surface area contributed by atoms with Crippen molar-refractivity contribution in [3.63, 3.8) is 0 Å². The van der Waals surface area contributed by atoms with Crippen LogP contribution in [0.4, 0.5) is 4.39 Å². The van der Waals surface area contributed by atoms with Crippen molar-refractivity contribution in [3.8, 4) is 28.8 Å². The molecule has 3 heterocycles. The maximum atomic E-state index is 13.7. The number of halogens is 1. The summed E-state index contributed by atoms with van der Waals surface area (Å²) in [7, 11) is -1.02. The smallest absolute Gasteiger partial charge is 0.204 e. The molecule has 0 unspecified atom stereocenters. The zero-order valence-electron chi connectivity index (χ0n) is 21.0. The second-order valence-electron chi connectivity index (χ2n) is 8.65. The van der Waals surface area contributed by atoms with Crippen LogP contribution in [0.3, 0.4) is 0 Å². The molecule has 2 atom stereocenters. The summed E-state index contributed by atoms with van der Waals surface area (Å²) in [6.45, 7) is 4.71. The van der Waals surface area contributed by atoms with Gasteiger partial charge in [-0.2, -0.15) is 0 Å². The third-order valence-electron chi connectivity index (χ3n) is 6.13. The minimum Gasteiger partial charge on any atom is -0.494 e. The molecule has 11 nitrogen and oxygen atoms in total. The molecule has 2 N–H and O–H groups in total. The summed E-state index contributed by atoms with van der Waals surface area (Å²) >= 11 is 0. The van der Waals surface area contributed by atoms with E-state index < -0.39 is 32.2 Å². The number of hydrogen-bond donors (Lipinski definition) is 1. The molecule has 37 heavy (non-hydrogen) atoms. The molecule has 1 aromatic carbocycles. The van der Waals surface area contributed by atoms with Gasteiger partial charge in [-0.25, -0.2) is 22.8 Å². The van der Waals surface area contributed by atoms with Crippen molar-refractivity contribution < 1.29 is 26.7 Å². The van der Waals surface area contributed by atoms with Crippen LogP contribution in [-0.2, 0) is 21.1 Å².